The molecule has 15 nitrogen and oxygen atoms in total. The number of hydrogen-bond donors (Lipinski definition) is 6. The summed E-state index contributed by atoms with van der Waals surface area (Å²) in [6, 6.07) is 13.8. The minimum absolute atomic E-state index is 0.00268. The minimum atomic E-state index is -1.55. The third kappa shape index (κ3) is 9.91. The Balaban J connectivity index is 1.10. The highest BCUT2D eigenvalue weighted by Gasteiger charge is 2.55. The molecule has 2 aliphatic carbocycles. The molecule has 56 heavy (non-hydrogen) atoms. The van der Waals surface area contributed by atoms with Crippen LogP contribution in [-0.2, 0) is 50.9 Å². The molecule has 0 aromatic heterocycles. The number of hydrogen-bond acceptors (Lipinski definition) is 14. The predicted octanol–water partition coefficient (Wildman–Crippen LogP) is 1.25. The maximum Gasteiger partial charge on any atom is 0.338 e. The first-order valence-corrected chi connectivity index (χ1v) is 18.8. The van der Waals surface area contributed by atoms with E-state index in [0.717, 1.165) is 11.1 Å². The second-order valence-electron chi connectivity index (χ2n) is 15.6. The van der Waals surface area contributed by atoms with E-state index in [-0.39, 0.29) is 31.4 Å². The highest BCUT2D eigenvalue weighted by molar-refractivity contribution is 5.94. The molecule has 4 aliphatic rings. The average molecular weight is 782 g/mol. The maximum atomic E-state index is 13.6. The van der Waals surface area contributed by atoms with E-state index in [1.807, 2.05) is 24.3 Å². The lowest BCUT2D eigenvalue weighted by atomic mass is 9.91. The highest BCUT2D eigenvalue weighted by atomic mass is 16.8. The lowest BCUT2D eigenvalue weighted by Crippen LogP contribution is -2.59. The van der Waals surface area contributed by atoms with Gasteiger partial charge in [0, 0.05) is 31.3 Å². The van der Waals surface area contributed by atoms with Crippen molar-refractivity contribution in [2.75, 3.05) is 19.8 Å². The summed E-state index contributed by atoms with van der Waals surface area (Å²) in [4.78, 5) is 39.5. The van der Waals surface area contributed by atoms with Gasteiger partial charge in [-0.05, 0) is 62.1 Å². The Labute approximate surface area is 324 Å². The Hall–Kier alpha value is -4.03. The van der Waals surface area contributed by atoms with Gasteiger partial charge in [-0.1, -0.05) is 48.6 Å². The first-order chi connectivity index (χ1) is 26.7. The van der Waals surface area contributed by atoms with Gasteiger partial charge in [0.1, 0.15) is 48.3 Å². The largest absolute Gasteiger partial charge is 0.460 e. The second-order valence-corrected chi connectivity index (χ2v) is 15.6. The summed E-state index contributed by atoms with van der Waals surface area (Å²) in [5, 5.41) is 52.3. The molecule has 0 radical (unpaired) electrons. The van der Waals surface area contributed by atoms with E-state index in [1.165, 1.54) is 0 Å². The number of aliphatic hydroxyl groups excluding tert-OH is 5. The fraction of sp³-hybridized carbons (Fsp3) is 0.537. The molecular weight excluding hydrogens is 730 g/mol. The third-order valence-corrected chi connectivity index (χ3v) is 10.1. The molecule has 2 aliphatic heterocycles. The van der Waals surface area contributed by atoms with Gasteiger partial charge in [0.15, 0.2) is 12.1 Å². The van der Waals surface area contributed by atoms with Crippen LogP contribution in [0.1, 0.15) is 67.1 Å². The van der Waals surface area contributed by atoms with E-state index in [2.05, 4.69) is 5.32 Å². The van der Waals surface area contributed by atoms with Crippen molar-refractivity contribution in [3.8, 4) is 0 Å². The Morgan fingerprint density at radius 3 is 2.30 bits per heavy atom. The van der Waals surface area contributed by atoms with Gasteiger partial charge in [0.05, 0.1) is 31.4 Å². The van der Waals surface area contributed by atoms with E-state index in [0.29, 0.717) is 24.0 Å². The number of carbonyl (C=O) groups excluding carboxylic acids is 3. The van der Waals surface area contributed by atoms with Gasteiger partial charge in [-0.25, -0.2) is 4.79 Å². The van der Waals surface area contributed by atoms with Gasteiger partial charge < -0.3 is 59.3 Å². The molecule has 15 heteroatoms. The molecule has 6 N–H and O–H groups in total. The van der Waals surface area contributed by atoms with Crippen LogP contribution in [0.2, 0.25) is 0 Å². The summed E-state index contributed by atoms with van der Waals surface area (Å²) in [7, 11) is 0. The first kappa shape index (κ1) is 41.6. The standard InChI is InChI=1S/C41H51NO14/c1-40(2,3)55-32(45)15-14-28(21-43)42-37(49)27-17-29(36-30(18-27)54-41(56-36)19-25-8-4-5-9-26(25)20-41)52-38(50)24-12-10-23(11-13-24)7-6-16-51-39-35(48)34(47)33(46)31(22-44)53-39/h4-13,18,28-31,33-36,39,43-44,46-48H,14-17,19-22H2,1-3H3,(H,42,49)/t28-,29+,30+,31+,33-,34-,35+,36-,39-/m0/s1. The van der Waals surface area contributed by atoms with Crippen molar-refractivity contribution in [1.29, 1.82) is 0 Å². The molecule has 0 unspecified atom stereocenters. The number of esters is 2. The van der Waals surface area contributed by atoms with Crippen molar-refractivity contribution in [2.24, 2.45) is 0 Å². The molecule has 0 saturated carbocycles. The smallest absolute Gasteiger partial charge is 0.338 e. The number of nitrogens with one attached hydrogen (secondary N) is 1. The number of benzene rings is 2. The predicted molar refractivity (Wildman–Crippen MR) is 198 cm³/mol. The van der Waals surface area contributed by atoms with E-state index < -0.39 is 97.5 Å². The van der Waals surface area contributed by atoms with Crippen molar-refractivity contribution in [3.05, 3.63) is 88.5 Å². The zero-order valence-corrected chi connectivity index (χ0v) is 31.6. The molecule has 0 bridgehead atoms. The fourth-order valence-corrected chi connectivity index (χ4v) is 7.31. The fourth-order valence-electron chi connectivity index (χ4n) is 7.31. The van der Waals surface area contributed by atoms with Crippen molar-refractivity contribution in [1.82, 2.24) is 5.32 Å². The van der Waals surface area contributed by atoms with Gasteiger partial charge >= 0.3 is 11.9 Å². The van der Waals surface area contributed by atoms with Crippen LogP contribution in [0.3, 0.4) is 0 Å². The maximum absolute atomic E-state index is 13.6. The van der Waals surface area contributed by atoms with E-state index >= 15 is 0 Å². The molecular formula is C41H51NO14. The van der Waals surface area contributed by atoms with Gasteiger partial charge in [0.25, 0.3) is 0 Å². The molecule has 1 spiro atoms. The molecule has 2 saturated heterocycles. The van der Waals surface area contributed by atoms with Crippen LogP contribution in [0, 0.1) is 0 Å². The minimum Gasteiger partial charge on any atom is -0.460 e. The molecule has 2 aromatic rings. The van der Waals surface area contributed by atoms with Crippen molar-refractivity contribution < 1.29 is 68.3 Å². The summed E-state index contributed by atoms with van der Waals surface area (Å²) in [6.07, 6.45) is -3.00. The lowest BCUT2D eigenvalue weighted by Gasteiger charge is -2.39. The van der Waals surface area contributed by atoms with Gasteiger partial charge in [-0.2, -0.15) is 0 Å². The number of rotatable bonds is 13. The SMILES string of the molecule is CC(C)(C)OC(=O)CC[C@@H](CO)NC(=O)C1=C[C@H]2OC3(Cc4ccccc4C3)O[C@H]2[C@H](OC(=O)c2ccc(C=CCO[C@H]3O[C@H](CO)[C@H](O)[C@H](O)[C@H]3O)cc2)C1. The van der Waals surface area contributed by atoms with Crippen LogP contribution >= 0.6 is 0 Å². The van der Waals surface area contributed by atoms with E-state index in [4.69, 9.17) is 28.4 Å². The number of amides is 1. The van der Waals surface area contributed by atoms with Crippen molar-refractivity contribution in [2.45, 2.75) is 119 Å². The molecule has 6 rings (SSSR count). The molecule has 9 atom stereocenters. The Morgan fingerprint density at radius 2 is 1.66 bits per heavy atom. The normalized spacial score (nSPS) is 28.7. The summed E-state index contributed by atoms with van der Waals surface area (Å²) in [5.74, 6) is -2.56. The highest BCUT2D eigenvalue weighted by Crippen LogP contribution is 2.45. The first-order valence-electron chi connectivity index (χ1n) is 18.8. The monoisotopic (exact) mass is 781 g/mol. The van der Waals surface area contributed by atoms with Gasteiger partial charge in [0.2, 0.25) is 5.91 Å². The summed E-state index contributed by atoms with van der Waals surface area (Å²) in [5.41, 5.74) is 2.77. The number of carbonyl (C=O) groups is 3. The number of fused-ring (bicyclic) bond motifs is 2. The average Bonchev–Trinajstić information content (AvgIpc) is 3.72. The molecule has 2 aromatic carbocycles. The van der Waals surface area contributed by atoms with Crippen molar-refractivity contribution in [3.63, 3.8) is 0 Å². The zero-order valence-electron chi connectivity index (χ0n) is 31.6. The Kier molecular flexibility index (Phi) is 13.1. The number of ether oxygens (including phenoxy) is 6. The summed E-state index contributed by atoms with van der Waals surface area (Å²) < 4.78 is 35.3. The van der Waals surface area contributed by atoms with Crippen molar-refractivity contribution >= 4 is 23.9 Å². The Bertz CT molecular complexity index is 1740. The molecule has 1 amide bonds. The molecule has 2 heterocycles. The quantitative estimate of drug-likeness (QED) is 0.158. The van der Waals surface area contributed by atoms with Crippen LogP contribution in [-0.4, -0.2) is 130 Å². The topological polar surface area (TPSA) is 220 Å². The van der Waals surface area contributed by atoms with Crippen LogP contribution in [0.5, 0.6) is 0 Å². The van der Waals surface area contributed by atoms with Gasteiger partial charge in [-0.15, -0.1) is 0 Å². The van der Waals surface area contributed by atoms with Crippen LogP contribution in [0.25, 0.3) is 6.08 Å². The molecule has 2 fully saturated rings. The van der Waals surface area contributed by atoms with Crippen LogP contribution in [0.15, 0.2) is 66.3 Å². The third-order valence-electron chi connectivity index (χ3n) is 10.1. The summed E-state index contributed by atoms with van der Waals surface area (Å²) >= 11 is 0. The van der Waals surface area contributed by atoms with Gasteiger partial charge in [-0.3, -0.25) is 9.59 Å². The van der Waals surface area contributed by atoms with E-state index in [9.17, 15) is 39.9 Å². The Morgan fingerprint density at radius 1 is 0.964 bits per heavy atom. The van der Waals surface area contributed by atoms with Crippen LogP contribution < -0.4 is 5.32 Å². The molecule has 304 valence electrons. The van der Waals surface area contributed by atoms with Crippen LogP contribution in [0.4, 0.5) is 0 Å². The second kappa shape index (κ2) is 17.6. The lowest BCUT2D eigenvalue weighted by molar-refractivity contribution is -0.298. The van der Waals surface area contributed by atoms with E-state index in [1.54, 1.807) is 63.3 Å². The summed E-state index contributed by atoms with van der Waals surface area (Å²) in [6.45, 7) is 4.29. The zero-order chi connectivity index (χ0) is 40.2. The number of aliphatic hydroxyl groups is 5.